The number of ether oxygens (including phenoxy) is 2. The molecule has 0 amide bonds. The van der Waals surface area contributed by atoms with E-state index in [0.717, 1.165) is 60.3 Å². The van der Waals surface area contributed by atoms with Gasteiger partial charge in [-0.15, -0.1) is 15.3 Å². The number of aryl methyl sites for hydroxylation is 1. The lowest BCUT2D eigenvalue weighted by Gasteiger charge is -2.27. The lowest BCUT2D eigenvalue weighted by atomic mass is 10.0. The van der Waals surface area contributed by atoms with Gasteiger partial charge in [0.25, 0.3) is 0 Å². The number of hydrogen-bond donors (Lipinski definition) is 1. The van der Waals surface area contributed by atoms with Gasteiger partial charge in [-0.1, -0.05) is 57.0 Å². The second-order valence-electron chi connectivity index (χ2n) is 8.71. The predicted octanol–water partition coefficient (Wildman–Crippen LogP) is 4.55. The first-order chi connectivity index (χ1) is 17.6. The van der Waals surface area contributed by atoms with E-state index in [1.54, 1.807) is 14.2 Å². The van der Waals surface area contributed by atoms with Gasteiger partial charge in [-0.25, -0.2) is 9.67 Å². The van der Waals surface area contributed by atoms with E-state index in [9.17, 15) is 0 Å². The minimum atomic E-state index is -0.941. The minimum Gasteiger partial charge on any atom is -0.347 e. The maximum atomic E-state index is 5.82. The highest BCUT2D eigenvalue weighted by Crippen LogP contribution is 2.31. The van der Waals surface area contributed by atoms with Crippen LogP contribution < -0.4 is 0 Å². The second-order valence-corrected chi connectivity index (χ2v) is 8.71. The first-order valence-corrected chi connectivity index (χ1v) is 12.5. The maximum Gasteiger partial charge on any atom is 0.231 e. The summed E-state index contributed by atoms with van der Waals surface area (Å²) in [5.74, 6) is 1.09. The zero-order chi connectivity index (χ0) is 25.4. The van der Waals surface area contributed by atoms with Gasteiger partial charge in [-0.05, 0) is 29.7 Å². The number of methoxy groups -OCH3 is 2. The van der Waals surface area contributed by atoms with Crippen molar-refractivity contribution in [2.75, 3.05) is 14.2 Å². The third-order valence-corrected chi connectivity index (χ3v) is 6.31. The first-order valence-electron chi connectivity index (χ1n) is 12.5. The summed E-state index contributed by atoms with van der Waals surface area (Å²) in [6, 6.07) is 12.0. The van der Waals surface area contributed by atoms with Gasteiger partial charge >= 0.3 is 0 Å². The molecular formula is C26H34N8O2. The predicted molar refractivity (Wildman–Crippen MR) is 136 cm³/mol. The lowest BCUT2D eigenvalue weighted by molar-refractivity contribution is -0.226. The Labute approximate surface area is 211 Å². The van der Waals surface area contributed by atoms with Crippen molar-refractivity contribution >= 4 is 0 Å². The highest BCUT2D eigenvalue weighted by Gasteiger charge is 2.37. The summed E-state index contributed by atoms with van der Waals surface area (Å²) >= 11 is 0. The summed E-state index contributed by atoms with van der Waals surface area (Å²) in [5, 5.41) is 19.3. The van der Waals surface area contributed by atoms with Crippen LogP contribution in [0.1, 0.15) is 63.2 Å². The lowest BCUT2D eigenvalue weighted by Crippen LogP contribution is -2.32. The molecule has 10 nitrogen and oxygen atoms in total. The van der Waals surface area contributed by atoms with Crippen molar-refractivity contribution < 1.29 is 9.47 Å². The number of aromatic amines is 1. The van der Waals surface area contributed by atoms with Crippen LogP contribution in [0.2, 0.25) is 0 Å². The van der Waals surface area contributed by atoms with Crippen molar-refractivity contribution in [1.29, 1.82) is 0 Å². The number of nitrogens with one attached hydrogen (secondary N) is 1. The zero-order valence-electron chi connectivity index (χ0n) is 21.4. The number of hydrogen-bond acceptors (Lipinski definition) is 8. The van der Waals surface area contributed by atoms with Crippen molar-refractivity contribution in [2.45, 2.75) is 64.7 Å². The monoisotopic (exact) mass is 490 g/mol. The third-order valence-electron chi connectivity index (χ3n) is 6.31. The van der Waals surface area contributed by atoms with Crippen LogP contribution in [0, 0.1) is 0 Å². The van der Waals surface area contributed by atoms with E-state index in [1.807, 2.05) is 41.2 Å². The number of aromatic nitrogens is 8. The standard InChI is InChI=1S/C26H34N8O2/c1-5-7-13-23-28-25(26(35-3,36-4)16-8-6-2)31-34(23)18-19-14-15-22(27-17-19)20-11-9-10-12-21(20)24-29-32-33-30-24/h9-12,14-15,17H,5-8,13,16,18H2,1-4H3,(H,29,30,32,33). The van der Waals surface area contributed by atoms with Gasteiger partial charge in [0.1, 0.15) is 5.82 Å². The van der Waals surface area contributed by atoms with Gasteiger partial charge in [0.2, 0.25) is 17.4 Å². The van der Waals surface area contributed by atoms with E-state index >= 15 is 0 Å². The quantitative estimate of drug-likeness (QED) is 0.271. The van der Waals surface area contributed by atoms with Crippen molar-refractivity contribution in [2.24, 2.45) is 0 Å². The molecular weight excluding hydrogens is 456 g/mol. The number of benzene rings is 1. The Morgan fingerprint density at radius 2 is 1.75 bits per heavy atom. The number of nitrogens with zero attached hydrogens (tertiary/aromatic N) is 7. The molecule has 1 aromatic carbocycles. The average Bonchev–Trinajstić information content (AvgIpc) is 3.60. The van der Waals surface area contributed by atoms with E-state index in [1.165, 1.54) is 0 Å². The van der Waals surface area contributed by atoms with Crippen LogP contribution in [0.15, 0.2) is 42.6 Å². The molecule has 36 heavy (non-hydrogen) atoms. The zero-order valence-corrected chi connectivity index (χ0v) is 21.4. The van der Waals surface area contributed by atoms with Crippen LogP contribution in [-0.4, -0.2) is 54.6 Å². The molecule has 0 aliphatic rings. The third kappa shape index (κ3) is 5.50. The fourth-order valence-electron chi connectivity index (χ4n) is 4.20. The summed E-state index contributed by atoms with van der Waals surface area (Å²) < 4.78 is 13.6. The minimum absolute atomic E-state index is 0.537. The molecule has 4 aromatic rings. The Hall–Kier alpha value is -3.50. The molecule has 190 valence electrons. The molecule has 4 rings (SSSR count). The van der Waals surface area contributed by atoms with E-state index < -0.39 is 5.79 Å². The summed E-state index contributed by atoms with van der Waals surface area (Å²) in [7, 11) is 3.31. The molecule has 0 aliphatic heterocycles. The van der Waals surface area contributed by atoms with Crippen molar-refractivity contribution in [1.82, 2.24) is 40.4 Å². The van der Waals surface area contributed by atoms with Gasteiger partial charge in [-0.3, -0.25) is 4.98 Å². The summed E-state index contributed by atoms with van der Waals surface area (Å²) in [4.78, 5) is 9.61. The maximum absolute atomic E-state index is 5.82. The number of unbranched alkanes of at least 4 members (excludes halogenated alkanes) is 2. The average molecular weight is 491 g/mol. The molecule has 0 bridgehead atoms. The Morgan fingerprint density at radius 3 is 2.39 bits per heavy atom. The fraction of sp³-hybridized carbons (Fsp3) is 0.462. The molecule has 0 saturated heterocycles. The molecule has 3 heterocycles. The topological polar surface area (TPSA) is 117 Å². The second kappa shape index (κ2) is 12.0. The SMILES string of the molecule is CCCCc1nc(C(CCCC)(OC)OC)nn1Cc1ccc(-c2ccccc2-c2nn[nH]n2)nc1. The molecule has 1 N–H and O–H groups in total. The Bertz CT molecular complexity index is 1220. The van der Waals surface area contributed by atoms with Crippen molar-refractivity contribution in [3.8, 4) is 22.6 Å². The van der Waals surface area contributed by atoms with Crippen molar-refractivity contribution in [3.63, 3.8) is 0 Å². The first kappa shape index (κ1) is 25.6. The summed E-state index contributed by atoms with van der Waals surface area (Å²) in [6.07, 6.45) is 7.51. The van der Waals surface area contributed by atoms with E-state index in [2.05, 4.69) is 40.5 Å². The number of pyridine rings is 1. The van der Waals surface area contributed by atoms with E-state index in [0.29, 0.717) is 24.6 Å². The van der Waals surface area contributed by atoms with E-state index in [4.69, 9.17) is 24.5 Å². The highest BCUT2D eigenvalue weighted by atomic mass is 16.7. The normalized spacial score (nSPS) is 11.8. The molecule has 0 aliphatic carbocycles. The Kier molecular flexibility index (Phi) is 8.50. The smallest absolute Gasteiger partial charge is 0.231 e. The Morgan fingerprint density at radius 1 is 0.972 bits per heavy atom. The molecule has 0 unspecified atom stereocenters. The van der Waals surface area contributed by atoms with E-state index in [-0.39, 0.29) is 0 Å². The molecule has 0 saturated carbocycles. The van der Waals surface area contributed by atoms with Crippen LogP contribution in [0.25, 0.3) is 22.6 Å². The van der Waals surface area contributed by atoms with Gasteiger partial charge in [0.15, 0.2) is 0 Å². The van der Waals surface area contributed by atoms with Gasteiger partial charge < -0.3 is 9.47 Å². The highest BCUT2D eigenvalue weighted by molar-refractivity contribution is 5.78. The van der Waals surface area contributed by atoms with Gasteiger partial charge in [0, 0.05) is 44.4 Å². The molecule has 10 heteroatoms. The summed E-state index contributed by atoms with van der Waals surface area (Å²) in [5.41, 5.74) is 3.68. The van der Waals surface area contributed by atoms with Crippen LogP contribution in [0.5, 0.6) is 0 Å². The van der Waals surface area contributed by atoms with Crippen LogP contribution in [0.3, 0.4) is 0 Å². The number of rotatable bonds is 13. The largest absolute Gasteiger partial charge is 0.347 e. The number of H-pyrrole nitrogens is 1. The van der Waals surface area contributed by atoms with Crippen LogP contribution in [0.4, 0.5) is 0 Å². The molecule has 0 radical (unpaired) electrons. The van der Waals surface area contributed by atoms with Crippen molar-refractivity contribution in [3.05, 3.63) is 59.8 Å². The van der Waals surface area contributed by atoms with Crippen LogP contribution in [-0.2, 0) is 28.2 Å². The molecule has 3 aromatic heterocycles. The number of tetrazole rings is 1. The molecule has 0 atom stereocenters. The Balaban J connectivity index is 1.61. The van der Waals surface area contributed by atoms with Gasteiger partial charge in [-0.2, -0.15) is 5.21 Å². The fourth-order valence-corrected chi connectivity index (χ4v) is 4.20. The van der Waals surface area contributed by atoms with Crippen LogP contribution >= 0.6 is 0 Å². The molecule has 0 spiro atoms. The summed E-state index contributed by atoms with van der Waals surface area (Å²) in [6.45, 7) is 4.88. The molecule has 0 fully saturated rings. The van der Waals surface area contributed by atoms with Gasteiger partial charge in [0.05, 0.1) is 12.2 Å².